The molecule has 0 bridgehead atoms. The third kappa shape index (κ3) is 4.88. The highest BCUT2D eigenvalue weighted by Crippen LogP contribution is 2.20. The van der Waals surface area contributed by atoms with Gasteiger partial charge in [0.15, 0.2) is 0 Å². The highest BCUT2D eigenvalue weighted by molar-refractivity contribution is 6.35. The second-order valence-corrected chi connectivity index (χ2v) is 5.19. The molecule has 2 aromatic carbocycles. The lowest BCUT2D eigenvalue weighted by molar-refractivity contribution is -0.116. The smallest absolute Gasteiger partial charge is 0.244 e. The van der Waals surface area contributed by atoms with Gasteiger partial charge in [0.2, 0.25) is 5.91 Å². The summed E-state index contributed by atoms with van der Waals surface area (Å²) in [5.74, 6) is -0.629. The first-order chi connectivity index (χ1) is 10.0. The summed E-state index contributed by atoms with van der Waals surface area (Å²) in [7, 11) is 0. The molecule has 5 heteroatoms. The molecule has 0 aliphatic carbocycles. The maximum atomic E-state index is 13.0. The van der Waals surface area contributed by atoms with Crippen molar-refractivity contribution < 1.29 is 9.18 Å². The first-order valence-corrected chi connectivity index (χ1v) is 6.95. The van der Waals surface area contributed by atoms with Crippen LogP contribution < -0.4 is 5.32 Å². The van der Waals surface area contributed by atoms with Crippen LogP contribution in [-0.2, 0) is 11.3 Å². The lowest BCUT2D eigenvalue weighted by Gasteiger charge is -2.05. The normalized spacial score (nSPS) is 10.8. The number of carbonyl (C=O) groups excluding carboxylic acids is 1. The summed E-state index contributed by atoms with van der Waals surface area (Å²) >= 11 is 11.8. The molecule has 2 aromatic rings. The van der Waals surface area contributed by atoms with Crippen LogP contribution in [0.1, 0.15) is 11.1 Å². The van der Waals surface area contributed by atoms with Gasteiger partial charge in [0, 0.05) is 22.7 Å². The molecular weight excluding hydrogens is 312 g/mol. The average Bonchev–Trinajstić information content (AvgIpc) is 2.44. The summed E-state index contributed by atoms with van der Waals surface area (Å²) in [6.07, 6.45) is 2.89. The number of nitrogens with one attached hydrogen (secondary N) is 1. The zero-order valence-electron chi connectivity index (χ0n) is 10.9. The topological polar surface area (TPSA) is 29.1 Å². The van der Waals surface area contributed by atoms with Crippen LogP contribution >= 0.6 is 23.2 Å². The molecule has 0 aliphatic heterocycles. The van der Waals surface area contributed by atoms with Crippen molar-refractivity contribution in [3.8, 4) is 0 Å². The monoisotopic (exact) mass is 323 g/mol. The zero-order chi connectivity index (χ0) is 15.2. The quantitative estimate of drug-likeness (QED) is 0.827. The van der Waals surface area contributed by atoms with Crippen LogP contribution in [0, 0.1) is 5.82 Å². The fourth-order valence-corrected chi connectivity index (χ4v) is 2.16. The van der Waals surface area contributed by atoms with E-state index in [1.165, 1.54) is 18.2 Å². The molecule has 0 saturated carbocycles. The molecule has 0 radical (unpaired) electrons. The molecule has 0 spiro atoms. The second-order valence-electron chi connectivity index (χ2n) is 4.34. The van der Waals surface area contributed by atoms with Gasteiger partial charge in [-0.1, -0.05) is 41.4 Å². The highest BCUT2D eigenvalue weighted by atomic mass is 35.5. The van der Waals surface area contributed by atoms with Gasteiger partial charge >= 0.3 is 0 Å². The van der Waals surface area contributed by atoms with E-state index in [1.54, 1.807) is 36.4 Å². The van der Waals surface area contributed by atoms with Crippen LogP contribution in [0.2, 0.25) is 10.0 Å². The van der Waals surface area contributed by atoms with Crippen molar-refractivity contribution in [2.24, 2.45) is 0 Å². The molecule has 108 valence electrons. The van der Waals surface area contributed by atoms with Crippen LogP contribution in [0.5, 0.6) is 0 Å². The van der Waals surface area contributed by atoms with E-state index >= 15 is 0 Å². The fourth-order valence-electron chi connectivity index (χ4n) is 1.69. The SMILES string of the molecule is O=C(/C=C/c1cccc(F)c1)NCc1ccc(Cl)cc1Cl. The highest BCUT2D eigenvalue weighted by Gasteiger charge is 2.02. The van der Waals surface area contributed by atoms with Gasteiger partial charge in [0.25, 0.3) is 0 Å². The van der Waals surface area contributed by atoms with Crippen molar-refractivity contribution in [1.82, 2.24) is 5.32 Å². The molecule has 1 amide bonds. The van der Waals surface area contributed by atoms with Gasteiger partial charge < -0.3 is 5.32 Å². The van der Waals surface area contributed by atoms with Crippen molar-refractivity contribution in [2.75, 3.05) is 0 Å². The minimum atomic E-state index is -0.342. The van der Waals surface area contributed by atoms with E-state index in [4.69, 9.17) is 23.2 Å². The lowest BCUT2D eigenvalue weighted by atomic mass is 10.2. The number of amides is 1. The Hall–Kier alpha value is -1.84. The summed E-state index contributed by atoms with van der Waals surface area (Å²) in [6, 6.07) is 11.1. The third-order valence-electron chi connectivity index (χ3n) is 2.74. The van der Waals surface area contributed by atoms with E-state index in [0.717, 1.165) is 5.56 Å². The third-order valence-corrected chi connectivity index (χ3v) is 3.33. The van der Waals surface area contributed by atoms with E-state index in [9.17, 15) is 9.18 Å². The average molecular weight is 324 g/mol. The summed E-state index contributed by atoms with van der Waals surface area (Å²) in [5.41, 5.74) is 1.39. The van der Waals surface area contributed by atoms with E-state index in [0.29, 0.717) is 22.2 Å². The summed E-state index contributed by atoms with van der Waals surface area (Å²) in [5, 5.41) is 3.74. The summed E-state index contributed by atoms with van der Waals surface area (Å²) in [4.78, 5) is 11.7. The molecule has 21 heavy (non-hydrogen) atoms. The summed E-state index contributed by atoms with van der Waals surface area (Å²) < 4.78 is 13.0. The van der Waals surface area contributed by atoms with Gasteiger partial charge in [0.05, 0.1) is 0 Å². The van der Waals surface area contributed by atoms with Gasteiger partial charge in [-0.15, -0.1) is 0 Å². The fraction of sp³-hybridized carbons (Fsp3) is 0.0625. The first kappa shape index (κ1) is 15.5. The Morgan fingerprint density at radius 2 is 2.00 bits per heavy atom. The standard InChI is InChI=1S/C16H12Cl2FNO/c17-13-6-5-12(15(18)9-13)10-20-16(21)7-4-11-2-1-3-14(19)8-11/h1-9H,10H2,(H,20,21)/b7-4+. The van der Waals surface area contributed by atoms with Crippen molar-refractivity contribution in [3.63, 3.8) is 0 Å². The Morgan fingerprint density at radius 1 is 1.19 bits per heavy atom. The lowest BCUT2D eigenvalue weighted by Crippen LogP contribution is -2.20. The van der Waals surface area contributed by atoms with Crippen molar-refractivity contribution in [3.05, 3.63) is 75.5 Å². The van der Waals surface area contributed by atoms with Crippen molar-refractivity contribution >= 4 is 35.2 Å². The number of halogens is 3. The maximum Gasteiger partial charge on any atom is 0.244 e. The molecule has 2 rings (SSSR count). The van der Waals surface area contributed by atoms with Crippen LogP contribution in [-0.4, -0.2) is 5.91 Å². The molecule has 1 N–H and O–H groups in total. The maximum absolute atomic E-state index is 13.0. The second kappa shape index (κ2) is 7.25. The predicted octanol–water partition coefficient (Wildman–Crippen LogP) is 4.46. The Bertz CT molecular complexity index is 686. The molecule has 0 saturated heterocycles. The largest absolute Gasteiger partial charge is 0.348 e. The molecule has 0 heterocycles. The van der Waals surface area contributed by atoms with Gasteiger partial charge in [-0.25, -0.2) is 4.39 Å². The number of hydrogen-bond donors (Lipinski definition) is 1. The van der Waals surface area contributed by atoms with Gasteiger partial charge in [-0.2, -0.15) is 0 Å². The zero-order valence-corrected chi connectivity index (χ0v) is 12.5. The summed E-state index contributed by atoms with van der Waals surface area (Å²) in [6.45, 7) is 0.294. The van der Waals surface area contributed by atoms with Crippen molar-refractivity contribution in [2.45, 2.75) is 6.54 Å². The van der Waals surface area contributed by atoms with Crippen LogP contribution in [0.15, 0.2) is 48.5 Å². The van der Waals surface area contributed by atoms with Gasteiger partial charge in [-0.3, -0.25) is 4.79 Å². The Kier molecular flexibility index (Phi) is 5.37. The molecular formula is C16H12Cl2FNO. The van der Waals surface area contributed by atoms with E-state index in [1.807, 2.05) is 0 Å². The minimum absolute atomic E-state index is 0.287. The minimum Gasteiger partial charge on any atom is -0.348 e. The Labute approximate surface area is 132 Å². The van der Waals surface area contributed by atoms with Crippen molar-refractivity contribution in [1.29, 1.82) is 0 Å². The Morgan fingerprint density at radius 3 is 2.71 bits per heavy atom. The molecule has 0 unspecified atom stereocenters. The molecule has 0 aromatic heterocycles. The van der Waals surface area contributed by atoms with Crippen LogP contribution in [0.4, 0.5) is 4.39 Å². The number of benzene rings is 2. The number of rotatable bonds is 4. The van der Waals surface area contributed by atoms with E-state index in [-0.39, 0.29) is 11.7 Å². The van der Waals surface area contributed by atoms with E-state index < -0.39 is 0 Å². The van der Waals surface area contributed by atoms with Crippen LogP contribution in [0.3, 0.4) is 0 Å². The van der Waals surface area contributed by atoms with E-state index in [2.05, 4.69) is 5.32 Å². The first-order valence-electron chi connectivity index (χ1n) is 6.20. The van der Waals surface area contributed by atoms with Crippen LogP contribution in [0.25, 0.3) is 6.08 Å². The van der Waals surface area contributed by atoms with Gasteiger partial charge in [-0.05, 0) is 41.5 Å². The molecule has 0 aliphatic rings. The van der Waals surface area contributed by atoms with Gasteiger partial charge in [0.1, 0.15) is 5.82 Å². The molecule has 0 atom stereocenters. The number of hydrogen-bond acceptors (Lipinski definition) is 1. The Balaban J connectivity index is 1.93. The predicted molar refractivity (Wildman–Crippen MR) is 83.7 cm³/mol. The molecule has 2 nitrogen and oxygen atoms in total. The molecule has 0 fully saturated rings. The number of carbonyl (C=O) groups is 1.